The maximum absolute atomic E-state index is 2.42. The van der Waals surface area contributed by atoms with Crippen molar-refractivity contribution >= 4 is 0 Å². The zero-order valence-corrected chi connectivity index (χ0v) is 13.0. The van der Waals surface area contributed by atoms with Gasteiger partial charge in [-0.1, -0.05) is 64.1 Å². The molecule has 0 heterocycles. The van der Waals surface area contributed by atoms with Crippen LogP contribution in [0.25, 0.3) is 0 Å². The third kappa shape index (κ3) is 2.40. The number of rotatable bonds is 2. The van der Waals surface area contributed by atoms with Crippen molar-refractivity contribution in [2.24, 2.45) is 0 Å². The third-order valence-electron chi connectivity index (χ3n) is 4.56. The van der Waals surface area contributed by atoms with Gasteiger partial charge in [0.05, 0.1) is 0 Å². The summed E-state index contributed by atoms with van der Waals surface area (Å²) in [6, 6.07) is 14.1. The summed E-state index contributed by atoms with van der Waals surface area (Å²) in [5.41, 5.74) is 9.02. The van der Waals surface area contributed by atoms with Gasteiger partial charge in [0.2, 0.25) is 0 Å². The first-order chi connectivity index (χ1) is 9.54. The molecule has 0 saturated heterocycles. The highest BCUT2D eigenvalue weighted by Crippen LogP contribution is 2.31. The van der Waals surface area contributed by atoms with Crippen molar-refractivity contribution in [3.8, 4) is 0 Å². The van der Waals surface area contributed by atoms with Crippen LogP contribution in [0.5, 0.6) is 0 Å². The molecule has 2 aromatic rings. The van der Waals surface area contributed by atoms with E-state index >= 15 is 0 Å². The number of hydrogen-bond donors (Lipinski definition) is 0. The van der Waals surface area contributed by atoms with Crippen LogP contribution in [0.15, 0.2) is 36.4 Å². The van der Waals surface area contributed by atoms with Gasteiger partial charge >= 0.3 is 0 Å². The molecule has 3 rings (SSSR count). The molecule has 0 saturated carbocycles. The molecule has 0 heteroatoms. The van der Waals surface area contributed by atoms with E-state index in [1.165, 1.54) is 33.4 Å². The molecule has 2 aromatic carbocycles. The van der Waals surface area contributed by atoms with E-state index < -0.39 is 0 Å². The lowest BCUT2D eigenvalue weighted by molar-refractivity contribution is 0.849. The minimum atomic E-state index is 0.615. The fourth-order valence-corrected chi connectivity index (χ4v) is 3.09. The first-order valence-corrected chi connectivity index (χ1v) is 7.78. The van der Waals surface area contributed by atoms with Gasteiger partial charge in [0.15, 0.2) is 0 Å². The van der Waals surface area contributed by atoms with Gasteiger partial charge in [-0.2, -0.15) is 0 Å². The highest BCUT2D eigenvalue weighted by atomic mass is 14.2. The van der Waals surface area contributed by atoms with Crippen LogP contribution < -0.4 is 0 Å². The molecule has 0 nitrogen and oxygen atoms in total. The maximum atomic E-state index is 2.42. The largest absolute Gasteiger partial charge is 0.0587 e. The van der Waals surface area contributed by atoms with Gasteiger partial charge < -0.3 is 0 Å². The fraction of sp³-hybridized carbons (Fsp3) is 0.400. The molecule has 0 aromatic heterocycles. The fourth-order valence-electron chi connectivity index (χ4n) is 3.09. The first kappa shape index (κ1) is 13.4. The molecule has 0 aliphatic heterocycles. The van der Waals surface area contributed by atoms with Crippen LogP contribution in [0.4, 0.5) is 0 Å². The molecule has 20 heavy (non-hydrogen) atoms. The molecule has 104 valence electrons. The van der Waals surface area contributed by atoms with Crippen molar-refractivity contribution in [3.05, 3.63) is 69.8 Å². The van der Waals surface area contributed by atoms with E-state index in [1.54, 1.807) is 0 Å². The quantitative estimate of drug-likeness (QED) is 0.579. The lowest BCUT2D eigenvalue weighted by Gasteiger charge is -2.22. The van der Waals surface area contributed by atoms with E-state index in [2.05, 4.69) is 64.1 Å². The smallest absolute Gasteiger partial charge is 0.00199 e. The van der Waals surface area contributed by atoms with Crippen LogP contribution in [0.1, 0.15) is 72.9 Å². The summed E-state index contributed by atoms with van der Waals surface area (Å²) in [5.74, 6) is 1.23. The third-order valence-corrected chi connectivity index (χ3v) is 4.56. The summed E-state index contributed by atoms with van der Waals surface area (Å²) in [5, 5.41) is 0. The van der Waals surface area contributed by atoms with Gasteiger partial charge in [-0.3, -0.25) is 0 Å². The number of benzene rings is 2. The molecule has 0 atom stereocenters. The normalized spacial score (nSPS) is 13.5. The summed E-state index contributed by atoms with van der Waals surface area (Å²) < 4.78 is 0. The van der Waals surface area contributed by atoms with Gasteiger partial charge in [-0.05, 0) is 58.1 Å². The van der Waals surface area contributed by atoms with Crippen LogP contribution in [0.2, 0.25) is 0 Å². The Kier molecular flexibility index (Phi) is 3.41. The van der Waals surface area contributed by atoms with Crippen molar-refractivity contribution in [2.45, 2.75) is 52.4 Å². The number of hydrogen-bond acceptors (Lipinski definition) is 0. The molecule has 0 bridgehead atoms. The molecule has 0 amide bonds. The lowest BCUT2D eigenvalue weighted by atomic mass is 9.82. The van der Waals surface area contributed by atoms with Crippen molar-refractivity contribution in [1.82, 2.24) is 0 Å². The molecule has 0 radical (unpaired) electrons. The summed E-state index contributed by atoms with van der Waals surface area (Å²) in [6.45, 7) is 9.09. The molecule has 0 spiro atoms. The minimum absolute atomic E-state index is 0.615. The molecule has 1 aliphatic carbocycles. The average molecular weight is 264 g/mol. The van der Waals surface area contributed by atoms with Crippen molar-refractivity contribution in [1.29, 1.82) is 0 Å². The maximum Gasteiger partial charge on any atom is -0.00199 e. The molecule has 0 fully saturated rings. The highest BCUT2D eigenvalue weighted by Gasteiger charge is 2.17. The second-order valence-electron chi connectivity index (χ2n) is 6.72. The monoisotopic (exact) mass is 264 g/mol. The molecule has 1 aliphatic rings. The van der Waals surface area contributed by atoms with Gasteiger partial charge in [-0.25, -0.2) is 0 Å². The van der Waals surface area contributed by atoms with Gasteiger partial charge in [0.25, 0.3) is 0 Å². The van der Waals surface area contributed by atoms with Crippen LogP contribution in [-0.4, -0.2) is 0 Å². The Morgan fingerprint density at radius 1 is 0.600 bits per heavy atom. The second kappa shape index (κ2) is 5.09. The van der Waals surface area contributed by atoms with Crippen molar-refractivity contribution in [3.63, 3.8) is 0 Å². The van der Waals surface area contributed by atoms with Gasteiger partial charge in [0.1, 0.15) is 0 Å². The Labute approximate surface area is 122 Å². The predicted molar refractivity (Wildman–Crippen MR) is 86.7 cm³/mol. The van der Waals surface area contributed by atoms with E-state index in [0.29, 0.717) is 11.8 Å². The van der Waals surface area contributed by atoms with Gasteiger partial charge in [0, 0.05) is 0 Å². The average Bonchev–Trinajstić information content (AvgIpc) is 2.43. The van der Waals surface area contributed by atoms with Crippen LogP contribution >= 0.6 is 0 Å². The lowest BCUT2D eigenvalue weighted by Crippen LogP contribution is -2.09. The topological polar surface area (TPSA) is 0 Å². The van der Waals surface area contributed by atoms with Crippen LogP contribution in [-0.2, 0) is 12.8 Å². The first-order valence-electron chi connectivity index (χ1n) is 7.78. The summed E-state index contributed by atoms with van der Waals surface area (Å²) in [7, 11) is 0. The highest BCUT2D eigenvalue weighted by molar-refractivity contribution is 5.48. The Bertz CT molecular complexity index is 577. The number of fused-ring (bicyclic) bond motifs is 2. The molecular formula is C20H24. The Morgan fingerprint density at radius 3 is 1.40 bits per heavy atom. The van der Waals surface area contributed by atoms with Crippen LogP contribution in [0, 0.1) is 0 Å². The minimum Gasteiger partial charge on any atom is -0.0587 e. The van der Waals surface area contributed by atoms with Crippen LogP contribution in [0.3, 0.4) is 0 Å². The molecular weight excluding hydrogens is 240 g/mol. The van der Waals surface area contributed by atoms with E-state index in [0.717, 1.165) is 12.8 Å². The van der Waals surface area contributed by atoms with E-state index in [-0.39, 0.29) is 0 Å². The van der Waals surface area contributed by atoms with E-state index in [9.17, 15) is 0 Å². The predicted octanol–water partition coefficient (Wildman–Crippen LogP) is 5.43. The summed E-state index contributed by atoms with van der Waals surface area (Å²) in [6.07, 6.45) is 2.20. The zero-order valence-electron chi connectivity index (χ0n) is 13.0. The van der Waals surface area contributed by atoms with Gasteiger partial charge in [-0.15, -0.1) is 0 Å². The zero-order chi connectivity index (χ0) is 14.3. The summed E-state index contributed by atoms with van der Waals surface area (Å²) >= 11 is 0. The van der Waals surface area contributed by atoms with Crippen molar-refractivity contribution < 1.29 is 0 Å². The molecule has 0 unspecified atom stereocenters. The molecule has 0 N–H and O–H groups in total. The Morgan fingerprint density at radius 2 is 1.00 bits per heavy atom. The Balaban J connectivity index is 1.99. The SMILES string of the molecule is CC(C)c1ccc2c(c1)Cc1cc(C(C)C)ccc1C2. The summed E-state index contributed by atoms with van der Waals surface area (Å²) in [4.78, 5) is 0. The Hall–Kier alpha value is -1.56. The second-order valence-corrected chi connectivity index (χ2v) is 6.72. The standard InChI is InChI=1S/C20H24/c1-13(2)15-5-7-17-11-18-8-6-16(14(3)4)10-20(18)12-19(17)9-15/h5-10,13-14H,11-12H2,1-4H3. The van der Waals surface area contributed by atoms with Crippen molar-refractivity contribution in [2.75, 3.05) is 0 Å². The van der Waals surface area contributed by atoms with E-state index in [4.69, 9.17) is 0 Å². The van der Waals surface area contributed by atoms with E-state index in [1.807, 2.05) is 0 Å².